The van der Waals surface area contributed by atoms with E-state index in [4.69, 9.17) is 0 Å². The Morgan fingerprint density at radius 3 is 2.41 bits per heavy atom. The molecule has 0 spiro atoms. The second-order valence-corrected chi connectivity index (χ2v) is 6.47. The van der Waals surface area contributed by atoms with Gasteiger partial charge in [-0.3, -0.25) is 9.59 Å². The summed E-state index contributed by atoms with van der Waals surface area (Å²) in [5.41, 5.74) is 3.57. The first-order valence-electron chi connectivity index (χ1n) is 8.97. The average Bonchev–Trinajstić information content (AvgIpc) is 2.70. The summed E-state index contributed by atoms with van der Waals surface area (Å²) in [5.74, 6) is -0.576. The van der Waals surface area contributed by atoms with E-state index in [2.05, 4.69) is 17.2 Å². The smallest absolute Gasteiger partial charge is 0.251 e. The molecule has 5 heteroatoms. The number of rotatable bonds is 9. The van der Waals surface area contributed by atoms with E-state index in [0.717, 1.165) is 5.56 Å². The first kappa shape index (κ1) is 20.4. The van der Waals surface area contributed by atoms with Crippen LogP contribution in [0.25, 0.3) is 0 Å². The lowest BCUT2D eigenvalue weighted by Crippen LogP contribution is -2.33. The lowest BCUT2D eigenvalue weighted by Gasteiger charge is -2.17. The molecule has 2 amide bonds. The summed E-state index contributed by atoms with van der Waals surface area (Å²) >= 11 is 0. The highest BCUT2D eigenvalue weighted by molar-refractivity contribution is 5.96. The molecule has 2 aromatic carbocycles. The van der Waals surface area contributed by atoms with Gasteiger partial charge in [-0.25, -0.2) is 0 Å². The lowest BCUT2D eigenvalue weighted by molar-refractivity contribution is -0.116. The average molecular weight is 366 g/mol. The van der Waals surface area contributed by atoms with Gasteiger partial charge in [0.2, 0.25) is 5.91 Å². The molecule has 27 heavy (non-hydrogen) atoms. The highest BCUT2D eigenvalue weighted by Gasteiger charge is 2.15. The summed E-state index contributed by atoms with van der Waals surface area (Å²) in [7, 11) is 0. The highest BCUT2D eigenvalue weighted by Crippen LogP contribution is 2.14. The van der Waals surface area contributed by atoms with Crippen molar-refractivity contribution in [1.29, 1.82) is 0 Å². The van der Waals surface area contributed by atoms with Crippen molar-refractivity contribution < 1.29 is 14.7 Å². The Morgan fingerprint density at radius 2 is 1.74 bits per heavy atom. The zero-order valence-electron chi connectivity index (χ0n) is 15.6. The number of hydrogen-bond donors (Lipinski definition) is 3. The van der Waals surface area contributed by atoms with Crippen molar-refractivity contribution in [3.05, 3.63) is 83.4 Å². The first-order valence-corrected chi connectivity index (χ1v) is 8.97. The van der Waals surface area contributed by atoms with Crippen LogP contribution in [0.3, 0.4) is 0 Å². The molecule has 0 aliphatic heterocycles. The molecule has 0 bridgehead atoms. The fourth-order valence-corrected chi connectivity index (χ4v) is 2.83. The number of carbonyl (C=O) groups is 2. The summed E-state index contributed by atoms with van der Waals surface area (Å²) in [6.07, 6.45) is 1.89. The zero-order chi connectivity index (χ0) is 19.6. The molecule has 1 unspecified atom stereocenters. The van der Waals surface area contributed by atoms with Crippen molar-refractivity contribution in [3.63, 3.8) is 0 Å². The van der Waals surface area contributed by atoms with E-state index < -0.39 is 0 Å². The minimum absolute atomic E-state index is 0.00828. The van der Waals surface area contributed by atoms with Crippen LogP contribution in [0.15, 0.2) is 61.2 Å². The van der Waals surface area contributed by atoms with Crippen molar-refractivity contribution in [2.24, 2.45) is 5.92 Å². The predicted molar refractivity (Wildman–Crippen MR) is 106 cm³/mol. The van der Waals surface area contributed by atoms with E-state index in [-0.39, 0.29) is 30.9 Å². The molecule has 0 fully saturated rings. The molecule has 1 atom stereocenters. The van der Waals surface area contributed by atoms with Crippen LogP contribution in [0.1, 0.15) is 27.0 Å². The number of aliphatic hydroxyl groups excluding tert-OH is 1. The SMILES string of the molecule is C=CC(=O)NCc1ccccc1C(=O)NCC(CO)Cc1ccccc1C. The number of aliphatic hydroxyl groups is 1. The summed E-state index contributed by atoms with van der Waals surface area (Å²) in [6, 6.07) is 15.2. The number of benzene rings is 2. The molecule has 0 saturated heterocycles. The van der Waals surface area contributed by atoms with Gasteiger partial charge in [0, 0.05) is 31.2 Å². The lowest BCUT2D eigenvalue weighted by atomic mass is 9.96. The quantitative estimate of drug-likeness (QED) is 0.596. The van der Waals surface area contributed by atoms with Crippen molar-refractivity contribution in [2.45, 2.75) is 19.9 Å². The number of nitrogens with one attached hydrogen (secondary N) is 2. The third kappa shape index (κ3) is 6.08. The highest BCUT2D eigenvalue weighted by atomic mass is 16.3. The fourth-order valence-electron chi connectivity index (χ4n) is 2.83. The van der Waals surface area contributed by atoms with Crippen LogP contribution >= 0.6 is 0 Å². The maximum absolute atomic E-state index is 12.6. The third-order valence-corrected chi connectivity index (χ3v) is 4.48. The summed E-state index contributed by atoms with van der Waals surface area (Å²) in [4.78, 5) is 24.0. The molecule has 5 nitrogen and oxygen atoms in total. The summed E-state index contributed by atoms with van der Waals surface area (Å²) in [6.45, 7) is 6.07. The van der Waals surface area contributed by atoms with Crippen molar-refractivity contribution in [3.8, 4) is 0 Å². The fraction of sp³-hybridized carbons (Fsp3) is 0.273. The molecule has 0 saturated carbocycles. The molecular weight excluding hydrogens is 340 g/mol. The predicted octanol–water partition coefficient (Wildman–Crippen LogP) is 2.38. The van der Waals surface area contributed by atoms with Crippen LogP contribution in [0, 0.1) is 12.8 Å². The van der Waals surface area contributed by atoms with Gasteiger partial charge in [-0.05, 0) is 42.2 Å². The van der Waals surface area contributed by atoms with Gasteiger partial charge in [0.15, 0.2) is 0 Å². The Labute approximate surface area is 160 Å². The normalized spacial score (nSPS) is 11.5. The molecule has 0 radical (unpaired) electrons. The number of hydrogen-bond acceptors (Lipinski definition) is 3. The van der Waals surface area contributed by atoms with Gasteiger partial charge >= 0.3 is 0 Å². The van der Waals surface area contributed by atoms with Gasteiger partial charge in [0.05, 0.1) is 0 Å². The van der Waals surface area contributed by atoms with E-state index in [1.165, 1.54) is 17.2 Å². The van der Waals surface area contributed by atoms with Crippen LogP contribution in [0.2, 0.25) is 0 Å². The van der Waals surface area contributed by atoms with Crippen molar-refractivity contribution in [1.82, 2.24) is 10.6 Å². The molecule has 2 rings (SSSR count). The zero-order valence-corrected chi connectivity index (χ0v) is 15.6. The van der Waals surface area contributed by atoms with Gasteiger partial charge in [-0.15, -0.1) is 0 Å². The largest absolute Gasteiger partial charge is 0.396 e. The minimum Gasteiger partial charge on any atom is -0.396 e. The summed E-state index contributed by atoms with van der Waals surface area (Å²) in [5, 5.41) is 15.3. The maximum atomic E-state index is 12.6. The van der Waals surface area contributed by atoms with Crippen LogP contribution in [-0.4, -0.2) is 30.1 Å². The van der Waals surface area contributed by atoms with Gasteiger partial charge in [0.25, 0.3) is 5.91 Å². The van der Waals surface area contributed by atoms with E-state index in [1.54, 1.807) is 18.2 Å². The van der Waals surface area contributed by atoms with Gasteiger partial charge in [0.1, 0.15) is 0 Å². The van der Waals surface area contributed by atoms with Gasteiger partial charge < -0.3 is 15.7 Å². The molecule has 0 heterocycles. The standard InChI is InChI=1S/C22H26N2O3/c1-3-21(26)23-14-19-10-6-7-11-20(19)22(27)24-13-17(15-25)12-18-9-5-4-8-16(18)2/h3-11,17,25H,1,12-15H2,2H3,(H,23,26)(H,24,27). The van der Waals surface area contributed by atoms with E-state index in [0.29, 0.717) is 18.5 Å². The molecule has 3 N–H and O–H groups in total. The molecule has 142 valence electrons. The molecular formula is C22H26N2O3. The molecule has 0 aliphatic rings. The Bertz CT molecular complexity index is 802. The van der Waals surface area contributed by atoms with Gasteiger partial charge in [-0.1, -0.05) is 49.0 Å². The van der Waals surface area contributed by atoms with Crippen LogP contribution in [0.4, 0.5) is 0 Å². The maximum Gasteiger partial charge on any atom is 0.251 e. The topological polar surface area (TPSA) is 78.4 Å². The Balaban J connectivity index is 1.99. The molecule has 0 aliphatic carbocycles. The monoisotopic (exact) mass is 366 g/mol. The second-order valence-electron chi connectivity index (χ2n) is 6.47. The summed E-state index contributed by atoms with van der Waals surface area (Å²) < 4.78 is 0. The number of amides is 2. The third-order valence-electron chi connectivity index (χ3n) is 4.48. The Morgan fingerprint density at radius 1 is 1.07 bits per heavy atom. The van der Waals surface area contributed by atoms with Gasteiger partial charge in [-0.2, -0.15) is 0 Å². The van der Waals surface area contributed by atoms with Crippen molar-refractivity contribution in [2.75, 3.05) is 13.2 Å². The molecule has 0 aromatic heterocycles. The van der Waals surface area contributed by atoms with E-state index >= 15 is 0 Å². The second kappa shape index (κ2) is 10.3. The van der Waals surface area contributed by atoms with E-state index in [1.807, 2.05) is 37.3 Å². The van der Waals surface area contributed by atoms with Crippen LogP contribution in [0.5, 0.6) is 0 Å². The Kier molecular flexibility index (Phi) is 7.77. The van der Waals surface area contributed by atoms with Crippen molar-refractivity contribution >= 4 is 11.8 Å². The Hall–Kier alpha value is -2.92. The van der Waals surface area contributed by atoms with Crippen LogP contribution in [-0.2, 0) is 17.8 Å². The first-order chi connectivity index (χ1) is 13.0. The molecule has 2 aromatic rings. The number of aryl methyl sites for hydroxylation is 1. The minimum atomic E-state index is -0.288. The van der Waals surface area contributed by atoms with Crippen LogP contribution < -0.4 is 10.6 Å². The van der Waals surface area contributed by atoms with E-state index in [9.17, 15) is 14.7 Å². The number of carbonyl (C=O) groups excluding carboxylic acids is 2.